The lowest BCUT2D eigenvalue weighted by molar-refractivity contribution is -0.136. The molecular weight excluding hydrogens is 188 g/mol. The highest BCUT2D eigenvalue weighted by molar-refractivity contribution is 5.78. The molecule has 1 atom stereocenters. The number of rotatable bonds is 6. The van der Waals surface area contributed by atoms with Crippen molar-refractivity contribution in [3.05, 3.63) is 0 Å². The molecular formula is C12H24N2O. The van der Waals surface area contributed by atoms with Crippen molar-refractivity contribution in [1.29, 1.82) is 0 Å². The molecule has 0 heterocycles. The number of hydrogen-bond donors (Lipinski definition) is 1. The first-order valence-electron chi connectivity index (χ1n) is 6.12. The van der Waals surface area contributed by atoms with E-state index in [0.29, 0.717) is 12.5 Å². The minimum Gasteiger partial charge on any atom is -0.341 e. The maximum absolute atomic E-state index is 12.1. The molecule has 0 saturated heterocycles. The average molecular weight is 212 g/mol. The monoisotopic (exact) mass is 212 g/mol. The fourth-order valence-electron chi connectivity index (χ4n) is 2.24. The largest absolute Gasteiger partial charge is 0.341 e. The van der Waals surface area contributed by atoms with Crippen LogP contribution in [0.5, 0.6) is 0 Å². The van der Waals surface area contributed by atoms with Crippen LogP contribution in [0.4, 0.5) is 0 Å². The minimum absolute atomic E-state index is 0.183. The second-order valence-electron chi connectivity index (χ2n) is 4.60. The van der Waals surface area contributed by atoms with Crippen molar-refractivity contribution in [2.75, 3.05) is 13.6 Å². The molecule has 0 aliphatic heterocycles. The van der Waals surface area contributed by atoms with Gasteiger partial charge in [-0.25, -0.2) is 0 Å². The maximum Gasteiger partial charge on any atom is 0.225 e. The van der Waals surface area contributed by atoms with Crippen LogP contribution in [0.2, 0.25) is 0 Å². The van der Waals surface area contributed by atoms with E-state index in [1.165, 1.54) is 12.8 Å². The molecule has 1 aliphatic carbocycles. The highest BCUT2D eigenvalue weighted by Gasteiger charge is 2.35. The summed E-state index contributed by atoms with van der Waals surface area (Å²) < 4.78 is 0. The standard InChI is InChI=1S/C12H24N2O/c1-4-9(5-2)12(15)14(3)11(8-13)10-6-7-10/h9-11H,4-8,13H2,1-3H3. The number of carbonyl (C=O) groups excluding carboxylic acids is 1. The normalized spacial score (nSPS) is 17.9. The van der Waals surface area contributed by atoms with E-state index in [1.54, 1.807) is 0 Å². The smallest absolute Gasteiger partial charge is 0.225 e. The SMILES string of the molecule is CCC(CC)C(=O)N(C)C(CN)C1CC1. The zero-order chi connectivity index (χ0) is 11.4. The van der Waals surface area contributed by atoms with Gasteiger partial charge in [0.1, 0.15) is 0 Å². The first kappa shape index (κ1) is 12.5. The summed E-state index contributed by atoms with van der Waals surface area (Å²) in [6.45, 7) is 4.76. The van der Waals surface area contributed by atoms with Crippen LogP contribution in [0.15, 0.2) is 0 Å². The van der Waals surface area contributed by atoms with Gasteiger partial charge >= 0.3 is 0 Å². The van der Waals surface area contributed by atoms with E-state index in [2.05, 4.69) is 13.8 Å². The van der Waals surface area contributed by atoms with E-state index in [9.17, 15) is 4.79 Å². The second-order valence-corrected chi connectivity index (χ2v) is 4.60. The summed E-state index contributed by atoms with van der Waals surface area (Å²) >= 11 is 0. The number of likely N-dealkylation sites (N-methyl/N-ethyl adjacent to an activating group) is 1. The summed E-state index contributed by atoms with van der Waals surface area (Å²) in [7, 11) is 1.91. The van der Waals surface area contributed by atoms with Crippen molar-refractivity contribution in [2.45, 2.75) is 45.6 Å². The molecule has 2 N–H and O–H groups in total. The van der Waals surface area contributed by atoms with Gasteiger partial charge in [-0.15, -0.1) is 0 Å². The van der Waals surface area contributed by atoms with Crippen LogP contribution in [0.3, 0.4) is 0 Å². The molecule has 88 valence electrons. The van der Waals surface area contributed by atoms with Gasteiger partial charge in [0, 0.05) is 25.6 Å². The molecule has 1 unspecified atom stereocenters. The summed E-state index contributed by atoms with van der Waals surface area (Å²) in [6.07, 6.45) is 4.34. The number of hydrogen-bond acceptors (Lipinski definition) is 2. The van der Waals surface area contributed by atoms with E-state index >= 15 is 0 Å². The predicted molar refractivity (Wildman–Crippen MR) is 62.4 cm³/mol. The molecule has 0 aromatic rings. The van der Waals surface area contributed by atoms with Gasteiger partial charge in [-0.2, -0.15) is 0 Å². The van der Waals surface area contributed by atoms with Crippen LogP contribution in [0.25, 0.3) is 0 Å². The Hall–Kier alpha value is -0.570. The molecule has 0 aromatic heterocycles. The Morgan fingerprint density at radius 3 is 2.27 bits per heavy atom. The molecule has 1 amide bonds. The van der Waals surface area contributed by atoms with E-state index in [4.69, 9.17) is 5.73 Å². The summed E-state index contributed by atoms with van der Waals surface area (Å²) in [6, 6.07) is 0.276. The van der Waals surface area contributed by atoms with Crippen LogP contribution in [-0.2, 0) is 4.79 Å². The van der Waals surface area contributed by atoms with Crippen molar-refractivity contribution in [3.63, 3.8) is 0 Å². The lowest BCUT2D eigenvalue weighted by Crippen LogP contribution is -2.45. The zero-order valence-corrected chi connectivity index (χ0v) is 10.2. The van der Waals surface area contributed by atoms with Gasteiger partial charge in [-0.3, -0.25) is 4.79 Å². The Morgan fingerprint density at radius 1 is 1.40 bits per heavy atom. The Morgan fingerprint density at radius 2 is 1.93 bits per heavy atom. The number of nitrogens with zero attached hydrogens (tertiary/aromatic N) is 1. The lowest BCUT2D eigenvalue weighted by Gasteiger charge is -2.30. The van der Waals surface area contributed by atoms with E-state index in [1.807, 2.05) is 11.9 Å². The molecule has 0 bridgehead atoms. The Labute approximate surface area is 93.0 Å². The molecule has 0 aromatic carbocycles. The molecule has 0 radical (unpaired) electrons. The van der Waals surface area contributed by atoms with Crippen LogP contribution in [0.1, 0.15) is 39.5 Å². The maximum atomic E-state index is 12.1. The highest BCUT2D eigenvalue weighted by Crippen LogP contribution is 2.35. The Bertz CT molecular complexity index is 210. The van der Waals surface area contributed by atoms with Gasteiger partial charge in [0.25, 0.3) is 0 Å². The molecule has 3 nitrogen and oxygen atoms in total. The van der Waals surface area contributed by atoms with Crippen molar-refractivity contribution < 1.29 is 4.79 Å². The summed E-state index contributed by atoms with van der Waals surface area (Å²) in [4.78, 5) is 14.0. The van der Waals surface area contributed by atoms with Crippen LogP contribution in [0, 0.1) is 11.8 Å². The third-order valence-electron chi connectivity index (χ3n) is 3.59. The number of nitrogens with two attached hydrogens (primary N) is 1. The second kappa shape index (κ2) is 5.50. The molecule has 0 spiro atoms. The molecule has 15 heavy (non-hydrogen) atoms. The molecule has 1 rings (SSSR count). The van der Waals surface area contributed by atoms with Crippen LogP contribution in [-0.4, -0.2) is 30.4 Å². The molecule has 1 aliphatic rings. The van der Waals surface area contributed by atoms with Gasteiger partial charge in [0.05, 0.1) is 0 Å². The van der Waals surface area contributed by atoms with Gasteiger partial charge in [-0.1, -0.05) is 13.8 Å². The average Bonchev–Trinajstić information content (AvgIpc) is 3.04. The van der Waals surface area contributed by atoms with Crippen molar-refractivity contribution >= 4 is 5.91 Å². The first-order chi connectivity index (χ1) is 7.15. The van der Waals surface area contributed by atoms with Crippen molar-refractivity contribution in [2.24, 2.45) is 17.6 Å². The molecule has 1 fully saturated rings. The predicted octanol–water partition coefficient (Wildman–Crippen LogP) is 1.62. The fraction of sp³-hybridized carbons (Fsp3) is 0.917. The van der Waals surface area contributed by atoms with Gasteiger partial charge in [0.2, 0.25) is 5.91 Å². The van der Waals surface area contributed by atoms with Gasteiger partial charge < -0.3 is 10.6 Å². The van der Waals surface area contributed by atoms with Crippen molar-refractivity contribution in [1.82, 2.24) is 4.90 Å². The number of amides is 1. The molecule has 1 saturated carbocycles. The Kier molecular flexibility index (Phi) is 4.58. The lowest BCUT2D eigenvalue weighted by atomic mass is 10.0. The zero-order valence-electron chi connectivity index (χ0n) is 10.2. The molecule has 3 heteroatoms. The van der Waals surface area contributed by atoms with E-state index in [0.717, 1.165) is 12.8 Å². The van der Waals surface area contributed by atoms with Crippen LogP contribution < -0.4 is 5.73 Å². The topological polar surface area (TPSA) is 46.3 Å². The summed E-state index contributed by atoms with van der Waals surface area (Å²) in [5, 5.41) is 0. The van der Waals surface area contributed by atoms with Crippen molar-refractivity contribution in [3.8, 4) is 0 Å². The van der Waals surface area contributed by atoms with Gasteiger partial charge in [0.15, 0.2) is 0 Å². The van der Waals surface area contributed by atoms with Crippen LogP contribution >= 0.6 is 0 Å². The highest BCUT2D eigenvalue weighted by atomic mass is 16.2. The van der Waals surface area contributed by atoms with E-state index in [-0.39, 0.29) is 17.9 Å². The minimum atomic E-state index is 0.183. The third kappa shape index (κ3) is 2.94. The quantitative estimate of drug-likeness (QED) is 0.727. The first-order valence-corrected chi connectivity index (χ1v) is 6.12. The summed E-state index contributed by atoms with van der Waals surface area (Å²) in [5.41, 5.74) is 5.74. The third-order valence-corrected chi connectivity index (χ3v) is 3.59. The Balaban J connectivity index is 2.56. The fourth-order valence-corrected chi connectivity index (χ4v) is 2.24. The van der Waals surface area contributed by atoms with Gasteiger partial charge in [-0.05, 0) is 31.6 Å². The number of carbonyl (C=O) groups is 1. The summed E-state index contributed by atoms with van der Waals surface area (Å²) in [5.74, 6) is 1.13. The van der Waals surface area contributed by atoms with E-state index < -0.39 is 0 Å².